The highest BCUT2D eigenvalue weighted by Crippen LogP contribution is 2.11. The quantitative estimate of drug-likeness (QED) is 0.685. The number of aliphatic hydroxyl groups excluding tert-OH is 1. The topological polar surface area (TPSA) is 86.6 Å². The van der Waals surface area contributed by atoms with Crippen molar-refractivity contribution in [3.8, 4) is 0 Å². The number of nitrogens with one attached hydrogen (secondary N) is 1. The Labute approximate surface area is 92.7 Å². The summed E-state index contributed by atoms with van der Waals surface area (Å²) in [5.74, 6) is -1.87. The second kappa shape index (κ2) is 5.27. The van der Waals surface area contributed by atoms with Gasteiger partial charge in [-0.15, -0.1) is 0 Å². The SMILES string of the molecule is CC(NC(=O)C(O)c1ccccc1)C(=O)O. The van der Waals surface area contributed by atoms with Crippen LogP contribution in [0.1, 0.15) is 18.6 Å². The first kappa shape index (κ1) is 12.2. The number of carboxylic acids is 1. The van der Waals surface area contributed by atoms with Gasteiger partial charge >= 0.3 is 5.97 Å². The molecule has 0 spiro atoms. The molecule has 1 aromatic rings. The minimum atomic E-state index is -1.34. The van der Waals surface area contributed by atoms with Crippen LogP contribution in [-0.4, -0.2) is 28.1 Å². The number of amides is 1. The third-order valence-electron chi connectivity index (χ3n) is 2.09. The lowest BCUT2D eigenvalue weighted by Crippen LogP contribution is -2.40. The van der Waals surface area contributed by atoms with Crippen molar-refractivity contribution in [2.75, 3.05) is 0 Å². The van der Waals surface area contributed by atoms with Crippen molar-refractivity contribution >= 4 is 11.9 Å². The van der Waals surface area contributed by atoms with E-state index in [4.69, 9.17) is 5.11 Å². The number of aliphatic hydroxyl groups is 1. The van der Waals surface area contributed by atoms with Crippen molar-refractivity contribution in [1.29, 1.82) is 0 Å². The maximum absolute atomic E-state index is 11.4. The van der Waals surface area contributed by atoms with Crippen molar-refractivity contribution in [1.82, 2.24) is 5.32 Å². The van der Waals surface area contributed by atoms with E-state index in [1.807, 2.05) is 0 Å². The average Bonchev–Trinajstić information content (AvgIpc) is 2.28. The lowest BCUT2D eigenvalue weighted by Gasteiger charge is -2.13. The fourth-order valence-electron chi connectivity index (χ4n) is 1.14. The van der Waals surface area contributed by atoms with Crippen LogP contribution in [0.5, 0.6) is 0 Å². The van der Waals surface area contributed by atoms with E-state index in [-0.39, 0.29) is 0 Å². The fraction of sp³-hybridized carbons (Fsp3) is 0.273. The first-order chi connectivity index (χ1) is 7.52. The molecule has 5 nitrogen and oxygen atoms in total. The van der Waals surface area contributed by atoms with E-state index in [1.54, 1.807) is 30.3 Å². The minimum absolute atomic E-state index is 0.428. The fourth-order valence-corrected chi connectivity index (χ4v) is 1.14. The first-order valence-corrected chi connectivity index (χ1v) is 4.78. The standard InChI is InChI=1S/C11H13NO4/c1-7(11(15)16)12-10(14)9(13)8-5-3-2-4-6-8/h2-7,9,13H,1H3,(H,12,14)(H,15,16). The summed E-state index contributed by atoms with van der Waals surface area (Å²) in [6.45, 7) is 1.33. The molecule has 1 aromatic carbocycles. The third-order valence-corrected chi connectivity index (χ3v) is 2.09. The van der Waals surface area contributed by atoms with Gasteiger partial charge in [-0.25, -0.2) is 0 Å². The van der Waals surface area contributed by atoms with Crippen molar-refractivity contribution < 1.29 is 19.8 Å². The van der Waals surface area contributed by atoms with Gasteiger partial charge in [0.2, 0.25) is 0 Å². The Kier molecular flexibility index (Phi) is 4.02. The largest absolute Gasteiger partial charge is 0.480 e. The molecular weight excluding hydrogens is 210 g/mol. The van der Waals surface area contributed by atoms with Gasteiger partial charge in [-0.3, -0.25) is 9.59 Å². The number of carbonyl (C=O) groups excluding carboxylic acids is 1. The highest BCUT2D eigenvalue weighted by Gasteiger charge is 2.21. The Morgan fingerprint density at radius 3 is 2.31 bits per heavy atom. The molecule has 86 valence electrons. The molecule has 2 unspecified atom stereocenters. The summed E-state index contributed by atoms with van der Waals surface area (Å²) >= 11 is 0. The monoisotopic (exact) mass is 223 g/mol. The maximum Gasteiger partial charge on any atom is 0.325 e. The Balaban J connectivity index is 2.65. The van der Waals surface area contributed by atoms with E-state index in [0.717, 1.165) is 0 Å². The number of rotatable bonds is 4. The zero-order chi connectivity index (χ0) is 12.1. The summed E-state index contributed by atoms with van der Waals surface area (Å²) in [6.07, 6.45) is -1.34. The van der Waals surface area contributed by atoms with Crippen molar-refractivity contribution in [2.45, 2.75) is 19.1 Å². The molecule has 3 N–H and O–H groups in total. The summed E-state index contributed by atoms with van der Waals surface area (Å²) < 4.78 is 0. The van der Waals surface area contributed by atoms with E-state index in [2.05, 4.69) is 5.32 Å². The van der Waals surface area contributed by atoms with Gasteiger partial charge in [0.1, 0.15) is 6.04 Å². The van der Waals surface area contributed by atoms with E-state index >= 15 is 0 Å². The predicted molar refractivity (Wildman–Crippen MR) is 56.6 cm³/mol. The molecule has 0 heterocycles. The second-order valence-corrected chi connectivity index (χ2v) is 3.38. The Bertz CT molecular complexity index is 377. The molecule has 0 bridgehead atoms. The highest BCUT2D eigenvalue weighted by atomic mass is 16.4. The number of benzene rings is 1. The van der Waals surface area contributed by atoms with Gasteiger partial charge in [0.25, 0.3) is 5.91 Å². The number of carboxylic acid groups (broad SMARTS) is 1. The normalized spacial score (nSPS) is 13.9. The van der Waals surface area contributed by atoms with Crippen LogP contribution in [0.15, 0.2) is 30.3 Å². The summed E-state index contributed by atoms with van der Waals surface area (Å²) in [5.41, 5.74) is 0.428. The molecule has 0 aliphatic carbocycles. The molecule has 0 radical (unpaired) electrons. The molecule has 0 aromatic heterocycles. The molecular formula is C11H13NO4. The van der Waals surface area contributed by atoms with Gasteiger partial charge in [0.05, 0.1) is 0 Å². The Morgan fingerprint density at radius 2 is 1.81 bits per heavy atom. The molecule has 5 heteroatoms. The zero-order valence-corrected chi connectivity index (χ0v) is 8.75. The molecule has 0 aliphatic heterocycles. The number of aliphatic carboxylic acids is 1. The molecule has 0 fully saturated rings. The number of hydrogen-bond acceptors (Lipinski definition) is 3. The first-order valence-electron chi connectivity index (χ1n) is 4.78. The Morgan fingerprint density at radius 1 is 1.25 bits per heavy atom. The molecule has 2 atom stereocenters. The number of carbonyl (C=O) groups is 2. The van der Waals surface area contributed by atoms with Gasteiger partial charge in [-0.2, -0.15) is 0 Å². The summed E-state index contributed by atoms with van der Waals surface area (Å²) in [6, 6.07) is 7.30. The van der Waals surface area contributed by atoms with Crippen LogP contribution in [0, 0.1) is 0 Å². The predicted octanol–water partition coefficient (Wildman–Crippen LogP) is 0.309. The van der Waals surface area contributed by atoms with Gasteiger partial charge in [0, 0.05) is 0 Å². The average molecular weight is 223 g/mol. The molecule has 1 rings (SSSR count). The van der Waals surface area contributed by atoms with Crippen LogP contribution in [0.4, 0.5) is 0 Å². The molecule has 0 saturated heterocycles. The van der Waals surface area contributed by atoms with E-state index in [0.29, 0.717) is 5.56 Å². The summed E-state index contributed by atoms with van der Waals surface area (Å²) in [4.78, 5) is 21.9. The van der Waals surface area contributed by atoms with Crippen LogP contribution in [0.25, 0.3) is 0 Å². The van der Waals surface area contributed by atoms with Gasteiger partial charge in [-0.05, 0) is 12.5 Å². The summed E-state index contributed by atoms with van der Waals surface area (Å²) in [5, 5.41) is 20.4. The van der Waals surface area contributed by atoms with E-state index < -0.39 is 24.0 Å². The molecule has 0 saturated carbocycles. The van der Waals surface area contributed by atoms with Gasteiger partial charge in [-0.1, -0.05) is 30.3 Å². The van der Waals surface area contributed by atoms with E-state index in [1.165, 1.54) is 6.92 Å². The van der Waals surface area contributed by atoms with Gasteiger partial charge < -0.3 is 15.5 Å². The second-order valence-electron chi connectivity index (χ2n) is 3.38. The van der Waals surface area contributed by atoms with E-state index in [9.17, 15) is 14.7 Å². The van der Waals surface area contributed by atoms with Crippen molar-refractivity contribution in [2.24, 2.45) is 0 Å². The summed E-state index contributed by atoms with van der Waals surface area (Å²) in [7, 11) is 0. The number of hydrogen-bond donors (Lipinski definition) is 3. The van der Waals surface area contributed by atoms with Crippen LogP contribution >= 0.6 is 0 Å². The smallest absolute Gasteiger partial charge is 0.325 e. The van der Waals surface area contributed by atoms with Crippen LogP contribution in [0.3, 0.4) is 0 Å². The molecule has 16 heavy (non-hydrogen) atoms. The minimum Gasteiger partial charge on any atom is -0.480 e. The van der Waals surface area contributed by atoms with Crippen molar-refractivity contribution in [3.63, 3.8) is 0 Å². The lowest BCUT2D eigenvalue weighted by molar-refractivity contribution is -0.142. The molecule has 1 amide bonds. The lowest BCUT2D eigenvalue weighted by atomic mass is 10.1. The maximum atomic E-state index is 11.4. The van der Waals surface area contributed by atoms with Crippen molar-refractivity contribution in [3.05, 3.63) is 35.9 Å². The van der Waals surface area contributed by atoms with Gasteiger partial charge in [0.15, 0.2) is 6.10 Å². The highest BCUT2D eigenvalue weighted by molar-refractivity contribution is 5.86. The third kappa shape index (κ3) is 3.06. The Hall–Kier alpha value is -1.88. The van der Waals surface area contributed by atoms with Crippen LogP contribution in [0.2, 0.25) is 0 Å². The van der Waals surface area contributed by atoms with Crippen LogP contribution in [-0.2, 0) is 9.59 Å². The van der Waals surface area contributed by atoms with Crippen LogP contribution < -0.4 is 5.32 Å². The zero-order valence-electron chi connectivity index (χ0n) is 8.75. The molecule has 0 aliphatic rings.